The largest absolute Gasteiger partial charge is 0.493 e. The van der Waals surface area contributed by atoms with Gasteiger partial charge in [0.2, 0.25) is 5.91 Å². The van der Waals surface area contributed by atoms with Crippen LogP contribution in [0.5, 0.6) is 11.5 Å². The maximum Gasteiger partial charge on any atom is 0.224 e. The number of ether oxygens (including phenoxy) is 2. The molecule has 0 saturated heterocycles. The lowest BCUT2D eigenvalue weighted by molar-refractivity contribution is -0.121. The zero-order valence-corrected chi connectivity index (χ0v) is 16.1. The summed E-state index contributed by atoms with van der Waals surface area (Å²) >= 11 is 1.75. The highest BCUT2D eigenvalue weighted by Gasteiger charge is 2.13. The maximum absolute atomic E-state index is 12.4. The number of hydrogen-bond acceptors (Lipinski definition) is 4. The van der Waals surface area contributed by atoms with E-state index in [4.69, 9.17) is 9.47 Å². The van der Waals surface area contributed by atoms with Gasteiger partial charge < -0.3 is 14.8 Å². The van der Waals surface area contributed by atoms with Crippen LogP contribution in [-0.2, 0) is 17.6 Å². The Kier molecular flexibility index (Phi) is 5.78. The van der Waals surface area contributed by atoms with Crippen LogP contribution in [0.2, 0.25) is 0 Å². The van der Waals surface area contributed by atoms with E-state index in [9.17, 15) is 4.79 Å². The quantitative estimate of drug-likeness (QED) is 0.679. The molecule has 0 unspecified atom stereocenters. The number of carbonyl (C=O) groups is 1. The highest BCUT2D eigenvalue weighted by molar-refractivity contribution is 7.17. The Labute approximate surface area is 157 Å². The molecule has 1 amide bonds. The standard InChI is InChI=1S/C21H23NO3S/c1-14(10-16-13-26-20-7-5-4-6-17(16)20)22-21(23)12-15-8-9-18(24-2)19(11-15)25-3/h4-9,11,13-14H,10,12H2,1-3H3,(H,22,23)/t14-/m1/s1. The molecule has 26 heavy (non-hydrogen) atoms. The van der Waals surface area contributed by atoms with Crippen molar-refractivity contribution < 1.29 is 14.3 Å². The highest BCUT2D eigenvalue weighted by atomic mass is 32.1. The molecule has 0 aliphatic heterocycles. The molecule has 2 aromatic carbocycles. The van der Waals surface area contributed by atoms with Gasteiger partial charge in [-0.1, -0.05) is 24.3 Å². The maximum atomic E-state index is 12.4. The minimum absolute atomic E-state index is 0.00394. The summed E-state index contributed by atoms with van der Waals surface area (Å²) in [7, 11) is 3.19. The summed E-state index contributed by atoms with van der Waals surface area (Å²) in [6, 6.07) is 14.0. The van der Waals surface area contributed by atoms with E-state index in [-0.39, 0.29) is 11.9 Å². The van der Waals surface area contributed by atoms with E-state index in [0.29, 0.717) is 17.9 Å². The number of rotatable bonds is 7. The van der Waals surface area contributed by atoms with Crippen LogP contribution in [0.25, 0.3) is 10.1 Å². The van der Waals surface area contributed by atoms with E-state index >= 15 is 0 Å². The molecule has 1 N–H and O–H groups in total. The van der Waals surface area contributed by atoms with E-state index in [1.54, 1.807) is 25.6 Å². The number of nitrogens with one attached hydrogen (secondary N) is 1. The molecule has 136 valence electrons. The SMILES string of the molecule is COc1ccc(CC(=O)N[C@H](C)Cc2csc3ccccc23)cc1OC. The average Bonchev–Trinajstić information content (AvgIpc) is 3.04. The van der Waals surface area contributed by atoms with Gasteiger partial charge in [-0.2, -0.15) is 0 Å². The minimum atomic E-state index is 0.00394. The van der Waals surface area contributed by atoms with E-state index in [1.165, 1.54) is 15.6 Å². The van der Waals surface area contributed by atoms with Crippen LogP contribution in [0, 0.1) is 0 Å². The Balaban J connectivity index is 1.61. The number of hydrogen-bond donors (Lipinski definition) is 1. The summed E-state index contributed by atoms with van der Waals surface area (Å²) in [5.74, 6) is 1.30. The van der Waals surface area contributed by atoms with Crippen LogP contribution in [0.15, 0.2) is 47.8 Å². The first kappa shape index (κ1) is 18.3. The van der Waals surface area contributed by atoms with E-state index in [1.807, 2.05) is 25.1 Å². The lowest BCUT2D eigenvalue weighted by atomic mass is 10.1. The third-order valence-corrected chi connectivity index (χ3v) is 5.32. The van der Waals surface area contributed by atoms with Gasteiger partial charge in [0.25, 0.3) is 0 Å². The molecule has 4 nitrogen and oxygen atoms in total. The zero-order chi connectivity index (χ0) is 18.5. The average molecular weight is 369 g/mol. The number of carbonyl (C=O) groups excluding carboxylic acids is 1. The molecule has 1 atom stereocenters. The summed E-state index contributed by atoms with van der Waals surface area (Å²) in [6.07, 6.45) is 1.14. The monoisotopic (exact) mass is 369 g/mol. The summed E-state index contributed by atoms with van der Waals surface area (Å²) in [4.78, 5) is 12.4. The van der Waals surface area contributed by atoms with Gasteiger partial charge in [-0.25, -0.2) is 0 Å². The van der Waals surface area contributed by atoms with Gasteiger partial charge in [0, 0.05) is 10.7 Å². The molecule has 1 heterocycles. The molecule has 5 heteroatoms. The topological polar surface area (TPSA) is 47.6 Å². The van der Waals surface area contributed by atoms with Gasteiger partial charge in [0.1, 0.15) is 0 Å². The van der Waals surface area contributed by atoms with Crippen LogP contribution >= 0.6 is 11.3 Å². The Morgan fingerprint density at radius 1 is 1.12 bits per heavy atom. The Bertz CT molecular complexity index is 903. The second-order valence-electron chi connectivity index (χ2n) is 6.30. The number of methoxy groups -OCH3 is 2. The van der Waals surface area contributed by atoms with Gasteiger partial charge in [0.05, 0.1) is 20.6 Å². The van der Waals surface area contributed by atoms with E-state index in [0.717, 1.165) is 12.0 Å². The first-order valence-corrected chi connectivity index (χ1v) is 9.44. The molecule has 3 rings (SSSR count). The van der Waals surface area contributed by atoms with Crippen molar-refractivity contribution in [2.45, 2.75) is 25.8 Å². The van der Waals surface area contributed by atoms with Crippen molar-refractivity contribution in [1.29, 1.82) is 0 Å². The second-order valence-corrected chi connectivity index (χ2v) is 7.21. The van der Waals surface area contributed by atoms with Crippen LogP contribution in [-0.4, -0.2) is 26.2 Å². The smallest absolute Gasteiger partial charge is 0.224 e. The second kappa shape index (κ2) is 8.23. The fraction of sp³-hybridized carbons (Fsp3) is 0.286. The third-order valence-electron chi connectivity index (χ3n) is 4.31. The van der Waals surface area contributed by atoms with Gasteiger partial charge >= 0.3 is 0 Å². The molecule has 0 fully saturated rings. The molecule has 0 spiro atoms. The lowest BCUT2D eigenvalue weighted by Crippen LogP contribution is -2.35. The summed E-state index contributed by atoms with van der Waals surface area (Å²) in [6.45, 7) is 2.04. The molecular weight excluding hydrogens is 346 g/mol. The first-order chi connectivity index (χ1) is 12.6. The molecule has 3 aromatic rings. The normalized spacial score (nSPS) is 12.0. The van der Waals surface area contributed by atoms with Crippen molar-refractivity contribution in [3.05, 3.63) is 59.0 Å². The van der Waals surface area contributed by atoms with Gasteiger partial charge in [-0.15, -0.1) is 11.3 Å². The first-order valence-electron chi connectivity index (χ1n) is 8.56. The van der Waals surface area contributed by atoms with Gasteiger partial charge in [0.15, 0.2) is 11.5 Å². The fourth-order valence-corrected chi connectivity index (χ4v) is 4.05. The number of benzene rings is 2. The van der Waals surface area contributed by atoms with Crippen LogP contribution in [0.1, 0.15) is 18.1 Å². The van der Waals surface area contributed by atoms with Crippen molar-refractivity contribution >= 4 is 27.3 Å². The van der Waals surface area contributed by atoms with Crippen molar-refractivity contribution in [3.8, 4) is 11.5 Å². The number of fused-ring (bicyclic) bond motifs is 1. The summed E-state index contributed by atoms with van der Waals surface area (Å²) in [5, 5.41) is 6.55. The highest BCUT2D eigenvalue weighted by Crippen LogP contribution is 2.28. The molecule has 0 saturated carbocycles. The molecule has 0 aliphatic rings. The zero-order valence-electron chi connectivity index (χ0n) is 15.2. The van der Waals surface area contributed by atoms with Gasteiger partial charge in [-0.3, -0.25) is 4.79 Å². The fourth-order valence-electron chi connectivity index (χ4n) is 3.07. The predicted molar refractivity (Wildman–Crippen MR) is 106 cm³/mol. The van der Waals surface area contributed by atoms with Crippen molar-refractivity contribution in [1.82, 2.24) is 5.32 Å². The Morgan fingerprint density at radius 2 is 1.88 bits per heavy atom. The van der Waals surface area contributed by atoms with Crippen molar-refractivity contribution in [2.75, 3.05) is 14.2 Å². The van der Waals surface area contributed by atoms with Crippen LogP contribution < -0.4 is 14.8 Å². The molecule has 0 bridgehead atoms. The van der Waals surface area contributed by atoms with Crippen LogP contribution in [0.3, 0.4) is 0 Å². The number of thiophene rings is 1. The molecule has 1 aromatic heterocycles. The molecule has 0 radical (unpaired) electrons. The molecule has 0 aliphatic carbocycles. The van der Waals surface area contributed by atoms with E-state index < -0.39 is 0 Å². The van der Waals surface area contributed by atoms with Crippen molar-refractivity contribution in [2.24, 2.45) is 0 Å². The van der Waals surface area contributed by atoms with E-state index in [2.05, 4.69) is 35.0 Å². The van der Waals surface area contributed by atoms with Crippen molar-refractivity contribution in [3.63, 3.8) is 0 Å². The lowest BCUT2D eigenvalue weighted by Gasteiger charge is -2.14. The molecular formula is C21H23NO3S. The third kappa shape index (κ3) is 4.17. The minimum Gasteiger partial charge on any atom is -0.493 e. The Hall–Kier alpha value is -2.53. The van der Waals surface area contributed by atoms with Crippen LogP contribution in [0.4, 0.5) is 0 Å². The summed E-state index contributed by atoms with van der Waals surface area (Å²) in [5.41, 5.74) is 2.18. The summed E-state index contributed by atoms with van der Waals surface area (Å²) < 4.78 is 11.8. The predicted octanol–water partition coefficient (Wildman–Crippen LogP) is 4.21. The number of amides is 1. The van der Waals surface area contributed by atoms with Gasteiger partial charge in [-0.05, 0) is 53.4 Å². The Morgan fingerprint density at radius 3 is 2.65 bits per heavy atom.